The lowest BCUT2D eigenvalue weighted by Gasteiger charge is -2.08. The molecule has 0 nitrogen and oxygen atoms in total. The fourth-order valence-corrected chi connectivity index (χ4v) is 2.39. The molecule has 0 saturated carbocycles. The minimum absolute atomic E-state index is 0.585. The van der Waals surface area contributed by atoms with Crippen LogP contribution in [0.25, 0.3) is 0 Å². The van der Waals surface area contributed by atoms with E-state index < -0.39 is 0 Å². The Morgan fingerprint density at radius 1 is 1.13 bits per heavy atom. The molecule has 0 aliphatic rings. The van der Waals surface area contributed by atoms with Crippen LogP contribution in [0.1, 0.15) is 32.3 Å². The molecule has 0 fully saturated rings. The van der Waals surface area contributed by atoms with E-state index in [1.807, 2.05) is 11.8 Å². The maximum Gasteiger partial charge on any atom is 0.0257 e. The lowest BCUT2D eigenvalue weighted by atomic mass is 10.0. The predicted octanol–water partition coefficient (Wildman–Crippen LogP) is 4.78. The van der Waals surface area contributed by atoms with Crippen LogP contribution in [0.2, 0.25) is 0 Å². The number of halogens is 1. The second-order valence-electron chi connectivity index (χ2n) is 4.29. The molecule has 0 N–H and O–H groups in total. The zero-order valence-corrected chi connectivity index (χ0v) is 11.2. The summed E-state index contributed by atoms with van der Waals surface area (Å²) in [5, 5.41) is 0. The van der Waals surface area contributed by atoms with E-state index in [-0.39, 0.29) is 0 Å². The Hall–Kier alpha value is -0.140. The first-order chi connectivity index (χ1) is 7.13. The van der Waals surface area contributed by atoms with Gasteiger partial charge in [0.25, 0.3) is 0 Å². The summed E-state index contributed by atoms with van der Waals surface area (Å²) in [5.41, 5.74) is 1.41. The van der Waals surface area contributed by atoms with E-state index in [1.54, 1.807) is 0 Å². The lowest BCUT2D eigenvalue weighted by Crippen LogP contribution is -1.98. The van der Waals surface area contributed by atoms with Crippen molar-refractivity contribution in [1.29, 1.82) is 0 Å². The molecule has 0 saturated heterocycles. The van der Waals surface area contributed by atoms with Gasteiger partial charge in [0, 0.05) is 16.5 Å². The van der Waals surface area contributed by atoms with Gasteiger partial charge in [-0.15, -0.1) is 23.4 Å². The third kappa shape index (κ3) is 4.48. The Morgan fingerprint density at radius 2 is 1.73 bits per heavy atom. The van der Waals surface area contributed by atoms with E-state index in [9.17, 15) is 0 Å². The largest absolute Gasteiger partial charge is 0.126 e. The van der Waals surface area contributed by atoms with Crippen LogP contribution in [-0.4, -0.2) is 11.6 Å². The molecule has 1 aromatic rings. The molecule has 0 heterocycles. The summed E-state index contributed by atoms with van der Waals surface area (Å²) in [5.74, 6) is 3.05. The van der Waals surface area contributed by atoms with Crippen molar-refractivity contribution in [3.63, 3.8) is 0 Å². The Bertz CT molecular complexity index is 279. The van der Waals surface area contributed by atoms with Gasteiger partial charge in [-0.2, -0.15) is 0 Å². The van der Waals surface area contributed by atoms with Crippen LogP contribution in [0.5, 0.6) is 0 Å². The molecule has 15 heavy (non-hydrogen) atoms. The molecule has 84 valence electrons. The SMILES string of the molecule is CC(CCl)CSc1ccc(C(C)C)cc1. The molecule has 1 unspecified atom stereocenters. The van der Waals surface area contributed by atoms with Crippen LogP contribution in [0.3, 0.4) is 0 Å². The molecule has 0 amide bonds. The first kappa shape index (κ1) is 12.9. The highest BCUT2D eigenvalue weighted by Gasteiger charge is 2.02. The van der Waals surface area contributed by atoms with Crippen LogP contribution in [0.4, 0.5) is 0 Å². The van der Waals surface area contributed by atoms with Crippen molar-refractivity contribution in [2.24, 2.45) is 5.92 Å². The van der Waals surface area contributed by atoms with Gasteiger partial charge >= 0.3 is 0 Å². The van der Waals surface area contributed by atoms with Gasteiger partial charge in [-0.05, 0) is 29.5 Å². The first-order valence-electron chi connectivity index (χ1n) is 5.42. The average molecular weight is 243 g/mol. The van der Waals surface area contributed by atoms with Crippen molar-refractivity contribution in [3.05, 3.63) is 29.8 Å². The minimum atomic E-state index is 0.585. The van der Waals surface area contributed by atoms with Crippen LogP contribution in [0, 0.1) is 5.92 Å². The first-order valence-corrected chi connectivity index (χ1v) is 6.94. The Kier molecular flexibility index (Phi) is 5.55. The van der Waals surface area contributed by atoms with E-state index in [2.05, 4.69) is 45.0 Å². The summed E-state index contributed by atoms with van der Waals surface area (Å²) in [4.78, 5) is 1.34. The van der Waals surface area contributed by atoms with Gasteiger partial charge in [0.05, 0.1) is 0 Å². The summed E-state index contributed by atoms with van der Waals surface area (Å²) >= 11 is 7.66. The van der Waals surface area contributed by atoms with Crippen molar-refractivity contribution in [3.8, 4) is 0 Å². The number of alkyl halides is 1. The third-order valence-electron chi connectivity index (χ3n) is 2.34. The minimum Gasteiger partial charge on any atom is -0.126 e. The van der Waals surface area contributed by atoms with Crippen molar-refractivity contribution >= 4 is 23.4 Å². The molecule has 1 aromatic carbocycles. The fourth-order valence-electron chi connectivity index (χ4n) is 1.23. The smallest absolute Gasteiger partial charge is 0.0257 e. The average Bonchev–Trinajstić information content (AvgIpc) is 2.26. The summed E-state index contributed by atoms with van der Waals surface area (Å²) < 4.78 is 0. The quantitative estimate of drug-likeness (QED) is 0.529. The Balaban J connectivity index is 2.50. The van der Waals surface area contributed by atoms with E-state index in [0.717, 1.165) is 11.6 Å². The van der Waals surface area contributed by atoms with Crippen LogP contribution in [-0.2, 0) is 0 Å². The normalized spacial score (nSPS) is 13.1. The van der Waals surface area contributed by atoms with E-state index >= 15 is 0 Å². The van der Waals surface area contributed by atoms with Gasteiger partial charge in [0.2, 0.25) is 0 Å². The van der Waals surface area contributed by atoms with Crippen molar-refractivity contribution in [2.75, 3.05) is 11.6 Å². The number of rotatable bonds is 5. The molecule has 0 aromatic heterocycles. The summed E-state index contributed by atoms with van der Waals surface area (Å²) in [7, 11) is 0. The molecule has 2 heteroatoms. The topological polar surface area (TPSA) is 0 Å². The Morgan fingerprint density at radius 3 is 2.20 bits per heavy atom. The molecular weight excluding hydrogens is 224 g/mol. The van der Waals surface area contributed by atoms with Crippen LogP contribution in [0.15, 0.2) is 29.2 Å². The maximum atomic E-state index is 5.77. The molecule has 0 aliphatic heterocycles. The number of thioether (sulfide) groups is 1. The summed E-state index contributed by atoms with van der Waals surface area (Å²) in [6.45, 7) is 6.62. The van der Waals surface area contributed by atoms with Gasteiger partial charge in [0.1, 0.15) is 0 Å². The number of hydrogen-bond acceptors (Lipinski definition) is 1. The molecule has 1 atom stereocenters. The second-order valence-corrected chi connectivity index (χ2v) is 5.70. The van der Waals surface area contributed by atoms with E-state index in [0.29, 0.717) is 11.8 Å². The van der Waals surface area contributed by atoms with Gasteiger partial charge in [-0.3, -0.25) is 0 Å². The molecule has 0 bridgehead atoms. The molecule has 1 rings (SSSR count). The number of benzene rings is 1. The summed E-state index contributed by atoms with van der Waals surface area (Å²) in [6, 6.07) is 8.86. The predicted molar refractivity (Wildman–Crippen MR) is 71.1 cm³/mol. The highest BCUT2D eigenvalue weighted by molar-refractivity contribution is 7.99. The van der Waals surface area contributed by atoms with Crippen molar-refractivity contribution in [2.45, 2.75) is 31.6 Å². The van der Waals surface area contributed by atoms with Gasteiger partial charge in [0.15, 0.2) is 0 Å². The summed E-state index contributed by atoms with van der Waals surface area (Å²) in [6.07, 6.45) is 0. The van der Waals surface area contributed by atoms with Gasteiger partial charge < -0.3 is 0 Å². The Labute approximate surface area is 102 Å². The van der Waals surface area contributed by atoms with E-state index in [1.165, 1.54) is 10.5 Å². The van der Waals surface area contributed by atoms with Crippen molar-refractivity contribution < 1.29 is 0 Å². The lowest BCUT2D eigenvalue weighted by molar-refractivity contribution is 0.759. The monoisotopic (exact) mass is 242 g/mol. The van der Waals surface area contributed by atoms with Gasteiger partial charge in [-0.1, -0.05) is 32.9 Å². The molecule has 0 aliphatic carbocycles. The zero-order chi connectivity index (χ0) is 11.3. The van der Waals surface area contributed by atoms with Crippen LogP contribution >= 0.6 is 23.4 Å². The van der Waals surface area contributed by atoms with Crippen LogP contribution < -0.4 is 0 Å². The molecule has 0 radical (unpaired) electrons. The highest BCUT2D eigenvalue weighted by atomic mass is 35.5. The van der Waals surface area contributed by atoms with Gasteiger partial charge in [-0.25, -0.2) is 0 Å². The van der Waals surface area contributed by atoms with E-state index in [4.69, 9.17) is 11.6 Å². The third-order valence-corrected chi connectivity index (χ3v) is 4.21. The second kappa shape index (κ2) is 6.44. The number of hydrogen-bond donors (Lipinski definition) is 0. The highest BCUT2D eigenvalue weighted by Crippen LogP contribution is 2.23. The fraction of sp³-hybridized carbons (Fsp3) is 0.538. The maximum absolute atomic E-state index is 5.77. The molecular formula is C13H19ClS. The van der Waals surface area contributed by atoms with Crippen molar-refractivity contribution in [1.82, 2.24) is 0 Å². The zero-order valence-electron chi connectivity index (χ0n) is 9.66. The standard InChI is InChI=1S/C13H19ClS/c1-10(2)12-4-6-13(7-5-12)15-9-11(3)8-14/h4-7,10-11H,8-9H2,1-3H3. The molecule has 0 spiro atoms.